The van der Waals surface area contributed by atoms with Gasteiger partial charge in [0, 0.05) is 18.8 Å². The fourth-order valence-electron chi connectivity index (χ4n) is 1.74. The molecule has 0 saturated heterocycles. The molecule has 2 rings (SSSR count). The Labute approximate surface area is 135 Å². The third kappa shape index (κ3) is 4.44. The van der Waals surface area contributed by atoms with Gasteiger partial charge in [0.2, 0.25) is 5.91 Å². The van der Waals surface area contributed by atoms with Crippen LogP contribution in [0, 0.1) is 0 Å². The van der Waals surface area contributed by atoms with Crippen molar-refractivity contribution in [3.8, 4) is 0 Å². The number of pyridine rings is 1. The van der Waals surface area contributed by atoms with Crippen LogP contribution in [0.5, 0.6) is 0 Å². The van der Waals surface area contributed by atoms with E-state index >= 15 is 0 Å². The lowest BCUT2D eigenvalue weighted by Gasteiger charge is -2.10. The maximum atomic E-state index is 12.4. The van der Waals surface area contributed by atoms with Gasteiger partial charge in [-0.2, -0.15) is 13.2 Å². The number of alkyl halides is 3. The average molecular weight is 359 g/mol. The number of aromatic nitrogens is 1. The molecule has 0 atom stereocenters. The van der Waals surface area contributed by atoms with E-state index in [-0.39, 0.29) is 16.6 Å². The van der Waals surface area contributed by atoms with E-state index in [1.165, 1.54) is 31.2 Å². The predicted octanol–water partition coefficient (Wildman–Crippen LogP) is 2.86. The van der Waals surface area contributed by atoms with Crippen LogP contribution in [0.3, 0.4) is 0 Å². The van der Waals surface area contributed by atoms with Crippen LogP contribution in [0.4, 0.5) is 24.7 Å². The quantitative estimate of drug-likeness (QED) is 0.879. The molecule has 0 saturated carbocycles. The summed E-state index contributed by atoms with van der Waals surface area (Å²) in [6, 6.07) is 6.92. The molecule has 128 valence electrons. The van der Waals surface area contributed by atoms with Crippen molar-refractivity contribution in [3.63, 3.8) is 0 Å². The largest absolute Gasteiger partial charge is 0.417 e. The Morgan fingerprint density at radius 3 is 2.17 bits per heavy atom. The van der Waals surface area contributed by atoms with E-state index in [1.807, 2.05) is 0 Å². The minimum atomic E-state index is -4.55. The van der Waals surface area contributed by atoms with Crippen molar-refractivity contribution in [2.75, 3.05) is 10.0 Å². The first-order valence-corrected chi connectivity index (χ1v) is 8.00. The lowest BCUT2D eigenvalue weighted by atomic mass is 10.3. The maximum Gasteiger partial charge on any atom is 0.417 e. The fourth-order valence-corrected chi connectivity index (χ4v) is 2.75. The molecule has 0 fully saturated rings. The van der Waals surface area contributed by atoms with Crippen LogP contribution in [0.2, 0.25) is 0 Å². The first kappa shape index (κ1) is 17.7. The molecule has 0 bridgehead atoms. The lowest BCUT2D eigenvalue weighted by Crippen LogP contribution is -2.15. The lowest BCUT2D eigenvalue weighted by molar-refractivity contribution is -0.137. The second kappa shape index (κ2) is 6.48. The molecule has 2 aromatic rings. The molecule has 1 aromatic heterocycles. The van der Waals surface area contributed by atoms with E-state index in [2.05, 4.69) is 15.0 Å². The molecule has 0 radical (unpaired) electrons. The topological polar surface area (TPSA) is 88.2 Å². The van der Waals surface area contributed by atoms with Crippen molar-refractivity contribution >= 4 is 27.4 Å². The first-order valence-electron chi connectivity index (χ1n) is 6.52. The Morgan fingerprint density at radius 1 is 1.08 bits per heavy atom. The molecular weight excluding hydrogens is 347 g/mol. The Balaban J connectivity index is 2.17. The first-order chi connectivity index (χ1) is 11.1. The molecular formula is C14H12F3N3O3S. The molecule has 0 aliphatic heterocycles. The molecule has 6 nitrogen and oxygen atoms in total. The number of sulfonamides is 1. The van der Waals surface area contributed by atoms with Crippen LogP contribution in [0.1, 0.15) is 12.5 Å². The van der Waals surface area contributed by atoms with Gasteiger partial charge in [-0.05, 0) is 36.4 Å². The van der Waals surface area contributed by atoms with E-state index in [0.29, 0.717) is 11.9 Å². The molecule has 1 heterocycles. The van der Waals surface area contributed by atoms with Gasteiger partial charge in [0.05, 0.1) is 10.5 Å². The van der Waals surface area contributed by atoms with E-state index in [9.17, 15) is 26.4 Å². The van der Waals surface area contributed by atoms with Crippen molar-refractivity contribution in [1.82, 2.24) is 4.98 Å². The van der Waals surface area contributed by atoms with Gasteiger partial charge in [-0.15, -0.1) is 0 Å². The number of benzene rings is 1. The summed E-state index contributed by atoms with van der Waals surface area (Å²) in [5, 5.41) is 2.48. The van der Waals surface area contributed by atoms with Crippen LogP contribution < -0.4 is 10.0 Å². The molecule has 10 heteroatoms. The van der Waals surface area contributed by atoms with Gasteiger partial charge < -0.3 is 5.32 Å². The molecule has 0 aliphatic carbocycles. The molecule has 0 unspecified atom stereocenters. The van der Waals surface area contributed by atoms with Crippen molar-refractivity contribution < 1.29 is 26.4 Å². The van der Waals surface area contributed by atoms with Gasteiger partial charge in [-0.25, -0.2) is 13.4 Å². The highest BCUT2D eigenvalue weighted by molar-refractivity contribution is 7.92. The SMILES string of the molecule is CC(=O)Nc1ccc(S(=O)(=O)Nc2ccc(C(F)(F)F)cn2)cc1. The summed E-state index contributed by atoms with van der Waals surface area (Å²) in [5.41, 5.74) is -0.570. The summed E-state index contributed by atoms with van der Waals surface area (Å²) < 4.78 is 63.7. The molecule has 1 aromatic carbocycles. The van der Waals surface area contributed by atoms with Crippen LogP contribution >= 0.6 is 0 Å². The van der Waals surface area contributed by atoms with Crippen molar-refractivity contribution in [2.24, 2.45) is 0 Å². The van der Waals surface area contributed by atoms with Gasteiger partial charge in [-0.3, -0.25) is 9.52 Å². The second-order valence-corrected chi connectivity index (χ2v) is 6.42. The van der Waals surface area contributed by atoms with E-state index in [1.54, 1.807) is 0 Å². The van der Waals surface area contributed by atoms with Crippen LogP contribution in [0.15, 0.2) is 47.5 Å². The number of hydrogen-bond donors (Lipinski definition) is 2. The van der Waals surface area contributed by atoms with Crippen LogP contribution in [-0.4, -0.2) is 19.3 Å². The van der Waals surface area contributed by atoms with Crippen molar-refractivity contribution in [2.45, 2.75) is 18.0 Å². The number of nitrogens with one attached hydrogen (secondary N) is 2. The van der Waals surface area contributed by atoms with Crippen LogP contribution in [0.25, 0.3) is 0 Å². The zero-order valence-corrected chi connectivity index (χ0v) is 13.1. The third-order valence-corrected chi connectivity index (χ3v) is 4.19. The number of amides is 1. The number of nitrogens with zero attached hydrogens (tertiary/aromatic N) is 1. The predicted molar refractivity (Wildman–Crippen MR) is 80.8 cm³/mol. The van der Waals surface area contributed by atoms with Gasteiger partial charge >= 0.3 is 6.18 Å². The summed E-state index contributed by atoms with van der Waals surface area (Å²) in [7, 11) is -4.01. The smallest absolute Gasteiger partial charge is 0.326 e. The minimum absolute atomic E-state index is 0.127. The van der Waals surface area contributed by atoms with Gasteiger partial charge in [0.25, 0.3) is 10.0 Å². The molecule has 1 amide bonds. The zero-order valence-electron chi connectivity index (χ0n) is 12.3. The fraction of sp³-hybridized carbons (Fsp3) is 0.143. The van der Waals surface area contributed by atoms with Crippen molar-refractivity contribution in [1.29, 1.82) is 0 Å². The number of rotatable bonds is 4. The minimum Gasteiger partial charge on any atom is -0.326 e. The second-order valence-electron chi connectivity index (χ2n) is 4.74. The third-order valence-electron chi connectivity index (χ3n) is 2.81. The highest BCUT2D eigenvalue weighted by Crippen LogP contribution is 2.29. The Hall–Kier alpha value is -2.62. The average Bonchev–Trinajstić information content (AvgIpc) is 2.46. The summed E-state index contributed by atoms with van der Waals surface area (Å²) in [6.07, 6.45) is -4.01. The number of hydrogen-bond acceptors (Lipinski definition) is 4. The molecule has 0 aliphatic rings. The summed E-state index contributed by atoms with van der Waals surface area (Å²) in [4.78, 5) is 14.2. The Bertz CT molecular complexity index is 832. The standard InChI is InChI=1S/C14H12F3N3O3S/c1-9(21)19-11-3-5-12(6-4-11)24(22,23)20-13-7-2-10(8-18-13)14(15,16)17/h2-8H,1H3,(H,18,20)(H,19,21). The number of anilines is 2. The van der Waals surface area contributed by atoms with Gasteiger partial charge in [0.1, 0.15) is 5.82 Å². The van der Waals surface area contributed by atoms with Crippen LogP contribution in [-0.2, 0) is 21.0 Å². The maximum absolute atomic E-state index is 12.4. The van der Waals surface area contributed by atoms with Gasteiger partial charge in [0.15, 0.2) is 0 Å². The normalized spacial score (nSPS) is 11.8. The molecule has 2 N–H and O–H groups in total. The van der Waals surface area contributed by atoms with Crippen molar-refractivity contribution in [3.05, 3.63) is 48.2 Å². The van der Waals surface area contributed by atoms with E-state index < -0.39 is 21.8 Å². The molecule has 0 spiro atoms. The van der Waals surface area contributed by atoms with E-state index in [4.69, 9.17) is 0 Å². The zero-order chi connectivity index (χ0) is 18.0. The number of carbonyl (C=O) groups is 1. The monoisotopic (exact) mass is 359 g/mol. The summed E-state index contributed by atoms with van der Waals surface area (Å²) in [5.74, 6) is -0.549. The Kier molecular flexibility index (Phi) is 4.78. The molecule has 24 heavy (non-hydrogen) atoms. The number of halogens is 3. The highest BCUT2D eigenvalue weighted by Gasteiger charge is 2.30. The van der Waals surface area contributed by atoms with E-state index in [0.717, 1.165) is 12.1 Å². The highest BCUT2D eigenvalue weighted by atomic mass is 32.2. The summed E-state index contributed by atoms with van der Waals surface area (Å²) in [6.45, 7) is 1.31. The Morgan fingerprint density at radius 2 is 1.71 bits per heavy atom. The van der Waals surface area contributed by atoms with Gasteiger partial charge in [-0.1, -0.05) is 0 Å². The summed E-state index contributed by atoms with van der Waals surface area (Å²) >= 11 is 0. The number of carbonyl (C=O) groups excluding carboxylic acids is 1.